The molecule has 1 aromatic heterocycles. The van der Waals surface area contributed by atoms with E-state index in [4.69, 9.17) is 28.4 Å². The molecule has 1 fully saturated rings. The lowest BCUT2D eigenvalue weighted by atomic mass is 9.77. The van der Waals surface area contributed by atoms with Crippen molar-refractivity contribution in [2.75, 3.05) is 49.1 Å². The number of ether oxygens (including phenoxy) is 6. The summed E-state index contributed by atoms with van der Waals surface area (Å²) in [6, 6.07) is 29.7. The highest BCUT2D eigenvalue weighted by Crippen LogP contribution is 2.57. The molecule has 1 atom stereocenters. The summed E-state index contributed by atoms with van der Waals surface area (Å²) >= 11 is 0. The van der Waals surface area contributed by atoms with Crippen LogP contribution in [0.15, 0.2) is 120 Å². The van der Waals surface area contributed by atoms with Crippen LogP contribution >= 0.6 is 0 Å². The Bertz CT molecular complexity index is 3480. The van der Waals surface area contributed by atoms with Gasteiger partial charge in [0, 0.05) is 115 Å². The lowest BCUT2D eigenvalue weighted by molar-refractivity contribution is -0.384. The van der Waals surface area contributed by atoms with Crippen LogP contribution in [0.4, 0.5) is 26.2 Å². The molecule has 0 bridgehead atoms. The summed E-state index contributed by atoms with van der Waals surface area (Å²) in [6.07, 6.45) is 0.329. The molecule has 0 saturated carbocycles. The Kier molecular flexibility index (Phi) is 13.7. The third-order valence-corrected chi connectivity index (χ3v) is 13.8. The Morgan fingerprint density at radius 1 is 0.827 bits per heavy atom. The Labute approximate surface area is 430 Å². The fraction of sp³-hybridized carbons (Fsp3) is 0.263. The second-order valence-corrected chi connectivity index (χ2v) is 18.3. The predicted octanol–water partition coefficient (Wildman–Crippen LogP) is 9.85. The Morgan fingerprint density at radius 2 is 1.52 bits per heavy atom. The number of rotatable bonds is 15. The number of hydrogen-bond donors (Lipinski definition) is 1. The summed E-state index contributed by atoms with van der Waals surface area (Å²) < 4.78 is 53.8. The zero-order chi connectivity index (χ0) is 52.5. The van der Waals surface area contributed by atoms with E-state index >= 15 is 4.39 Å². The van der Waals surface area contributed by atoms with E-state index in [1.807, 2.05) is 42.2 Å². The molecule has 1 unspecified atom stereocenters. The van der Waals surface area contributed by atoms with Gasteiger partial charge in [-0.1, -0.05) is 23.8 Å². The number of benzene rings is 6. The maximum atomic E-state index is 15.6. The van der Waals surface area contributed by atoms with Crippen LogP contribution in [0, 0.1) is 22.9 Å². The van der Waals surface area contributed by atoms with Crippen molar-refractivity contribution < 1.29 is 52.1 Å². The van der Waals surface area contributed by atoms with Gasteiger partial charge < -0.3 is 48.1 Å². The standard InChI is InChI=1S/C57H52FN5O12/c1-5-60(6-2)39-16-18-45-50(26-39)74-51-27-40(17-19-46(51)57(45)44-11-9-8-10-41(44)55(66)75-57)73-56(67)72-33-37-25-34(4)24-36(53(37)70-31-35-12-14-38(15-13-35)63(68)69)32-71-54(65)43-30-61(7-3)48-29-49(62-22-20-59-21-23-62)47(58)28-42(48)52(43)64/h8-19,24-30,59H,5-7,20-23,31-33H2,1-4H3. The number of fused-ring (bicyclic) bond motifs is 7. The van der Waals surface area contributed by atoms with Crippen LogP contribution in [0.3, 0.4) is 0 Å². The quantitative estimate of drug-likeness (QED) is 0.0335. The molecule has 1 spiro atoms. The van der Waals surface area contributed by atoms with Crippen LogP contribution in [-0.4, -0.2) is 66.9 Å². The summed E-state index contributed by atoms with van der Waals surface area (Å²) in [5.41, 5.74) is 3.48. The zero-order valence-electron chi connectivity index (χ0n) is 41.6. The molecule has 4 heterocycles. The van der Waals surface area contributed by atoms with Gasteiger partial charge in [-0.3, -0.25) is 14.9 Å². The third-order valence-electron chi connectivity index (χ3n) is 13.8. The van der Waals surface area contributed by atoms with Gasteiger partial charge in [-0.15, -0.1) is 0 Å². The SMILES string of the molecule is CCN(CC)c1ccc2c(c1)Oc1cc(OC(=O)OCc3cc(C)cc(COC(=O)c4cn(CC)c5cc(N6CCNCC6)c(F)cc5c4=O)c3OCc3ccc([N+](=O)[O-])cc3)ccc1C21OC(=O)c2ccccc21. The summed E-state index contributed by atoms with van der Waals surface area (Å²) in [5.74, 6) is -1.02. The molecule has 1 saturated heterocycles. The van der Waals surface area contributed by atoms with Gasteiger partial charge in [0.1, 0.15) is 54.2 Å². The molecule has 3 aliphatic rings. The van der Waals surface area contributed by atoms with Gasteiger partial charge in [0.15, 0.2) is 5.60 Å². The van der Waals surface area contributed by atoms with E-state index in [1.165, 1.54) is 42.6 Å². The van der Waals surface area contributed by atoms with Crippen LogP contribution in [0.2, 0.25) is 0 Å². The monoisotopic (exact) mass is 1020 g/mol. The van der Waals surface area contributed by atoms with Gasteiger partial charge in [0.25, 0.3) is 5.69 Å². The van der Waals surface area contributed by atoms with Gasteiger partial charge in [0.2, 0.25) is 5.43 Å². The van der Waals surface area contributed by atoms with Crippen molar-refractivity contribution >= 4 is 46.1 Å². The molecule has 0 radical (unpaired) electrons. The maximum Gasteiger partial charge on any atom is 0.514 e. The van der Waals surface area contributed by atoms with Crippen molar-refractivity contribution in [2.45, 2.75) is 59.7 Å². The number of hydrogen-bond acceptors (Lipinski definition) is 15. The second-order valence-electron chi connectivity index (χ2n) is 18.3. The maximum absolute atomic E-state index is 15.6. The molecule has 0 aliphatic carbocycles. The predicted molar refractivity (Wildman–Crippen MR) is 276 cm³/mol. The fourth-order valence-electron chi connectivity index (χ4n) is 10.1. The van der Waals surface area contributed by atoms with E-state index < -0.39 is 46.5 Å². The number of carbonyl (C=O) groups excluding carboxylic acids is 3. The molecule has 384 valence electrons. The number of nitro benzene ring substituents is 1. The lowest BCUT2D eigenvalue weighted by Crippen LogP contribution is -2.43. The first-order valence-corrected chi connectivity index (χ1v) is 24.7. The highest BCUT2D eigenvalue weighted by atomic mass is 19.1. The topological polar surface area (TPSA) is 190 Å². The largest absolute Gasteiger partial charge is 0.514 e. The minimum Gasteiger partial charge on any atom is -0.488 e. The molecular weight excluding hydrogens is 966 g/mol. The number of nitro groups is 1. The highest BCUT2D eigenvalue weighted by molar-refractivity contribution is 5.97. The number of pyridine rings is 1. The third kappa shape index (κ3) is 9.44. The number of nitrogens with zero attached hydrogens (tertiary/aromatic N) is 4. The van der Waals surface area contributed by atoms with Gasteiger partial charge >= 0.3 is 18.1 Å². The van der Waals surface area contributed by atoms with Gasteiger partial charge in [0.05, 0.1) is 21.7 Å². The summed E-state index contributed by atoms with van der Waals surface area (Å²) in [4.78, 5) is 69.8. The van der Waals surface area contributed by atoms with Crippen molar-refractivity contribution in [2.24, 2.45) is 0 Å². The molecule has 0 amide bonds. The van der Waals surface area contributed by atoms with E-state index in [2.05, 4.69) is 24.1 Å². The minimum absolute atomic E-state index is 0.0309. The first-order valence-electron chi connectivity index (χ1n) is 24.7. The molecule has 18 heteroatoms. The Balaban J connectivity index is 0.914. The number of aryl methyl sites for hydroxylation is 2. The molecule has 1 N–H and O–H groups in total. The molecular formula is C57H52FN5O12. The van der Waals surface area contributed by atoms with Crippen LogP contribution in [-0.2, 0) is 46.2 Å². The number of nitrogens with one attached hydrogen (secondary N) is 1. The van der Waals surface area contributed by atoms with Crippen LogP contribution in [0.1, 0.15) is 80.4 Å². The Hall–Kier alpha value is -8.77. The lowest BCUT2D eigenvalue weighted by Gasteiger charge is -2.37. The Morgan fingerprint density at radius 3 is 2.23 bits per heavy atom. The number of anilines is 2. The van der Waals surface area contributed by atoms with Crippen molar-refractivity contribution in [1.29, 1.82) is 0 Å². The first kappa shape index (κ1) is 49.8. The van der Waals surface area contributed by atoms with E-state index in [1.54, 1.807) is 54.0 Å². The molecule has 10 rings (SSSR count). The minimum atomic E-state index is -1.35. The summed E-state index contributed by atoms with van der Waals surface area (Å²) in [6.45, 7) is 11.3. The van der Waals surface area contributed by atoms with Crippen molar-refractivity contribution in [3.63, 3.8) is 0 Å². The number of esters is 2. The summed E-state index contributed by atoms with van der Waals surface area (Å²) in [7, 11) is 0. The molecule has 17 nitrogen and oxygen atoms in total. The summed E-state index contributed by atoms with van der Waals surface area (Å²) in [5, 5.41) is 14.7. The molecule has 75 heavy (non-hydrogen) atoms. The normalized spacial score (nSPS) is 15.3. The van der Waals surface area contributed by atoms with Crippen molar-refractivity contribution in [1.82, 2.24) is 9.88 Å². The number of piperazine rings is 1. The number of halogens is 1. The van der Waals surface area contributed by atoms with Crippen LogP contribution in [0.5, 0.6) is 23.0 Å². The average molecular weight is 1020 g/mol. The molecule has 3 aliphatic heterocycles. The molecule has 7 aromatic rings. The number of non-ortho nitro benzene ring substituents is 1. The molecule has 6 aromatic carbocycles. The smallest absolute Gasteiger partial charge is 0.488 e. The van der Waals surface area contributed by atoms with Crippen molar-refractivity contribution in [3.05, 3.63) is 192 Å². The number of aromatic nitrogens is 1. The van der Waals surface area contributed by atoms with Gasteiger partial charge in [-0.25, -0.2) is 18.8 Å². The van der Waals surface area contributed by atoms with Gasteiger partial charge in [-0.2, -0.15) is 0 Å². The zero-order valence-corrected chi connectivity index (χ0v) is 41.6. The number of carbonyl (C=O) groups is 3. The van der Waals surface area contributed by atoms with E-state index in [0.717, 1.165) is 18.8 Å². The highest BCUT2D eigenvalue weighted by Gasteiger charge is 2.53. The van der Waals surface area contributed by atoms with Crippen LogP contribution < -0.4 is 34.8 Å². The van der Waals surface area contributed by atoms with Crippen LogP contribution in [0.25, 0.3) is 10.9 Å². The fourth-order valence-corrected chi connectivity index (χ4v) is 10.1. The second kappa shape index (κ2) is 20.6. The van der Waals surface area contributed by atoms with Crippen molar-refractivity contribution in [3.8, 4) is 23.0 Å². The average Bonchev–Trinajstić information content (AvgIpc) is 3.72. The van der Waals surface area contributed by atoms with E-state index in [0.29, 0.717) is 99.9 Å². The van der Waals surface area contributed by atoms with Gasteiger partial charge in [-0.05, 0) is 100.0 Å². The van der Waals surface area contributed by atoms with E-state index in [9.17, 15) is 29.3 Å². The van der Waals surface area contributed by atoms with E-state index in [-0.39, 0.29) is 41.3 Å². The first-order chi connectivity index (χ1) is 36.3.